The van der Waals surface area contributed by atoms with Crippen LogP contribution in [0.3, 0.4) is 0 Å². The summed E-state index contributed by atoms with van der Waals surface area (Å²) < 4.78 is 0. The van der Waals surface area contributed by atoms with Crippen molar-refractivity contribution in [3.05, 3.63) is 64.4 Å². The first-order valence-corrected chi connectivity index (χ1v) is 6.49. The van der Waals surface area contributed by atoms with Gasteiger partial charge in [-0.15, -0.1) is 0 Å². The summed E-state index contributed by atoms with van der Waals surface area (Å²) in [6.07, 6.45) is 2.33. The van der Waals surface area contributed by atoms with Gasteiger partial charge < -0.3 is 5.32 Å². The maximum atomic E-state index is 11.8. The molecular formula is C15H15ClN2O. The third-order valence-electron chi connectivity index (χ3n) is 2.90. The van der Waals surface area contributed by atoms with E-state index in [1.807, 2.05) is 12.1 Å². The molecular weight excluding hydrogens is 260 g/mol. The van der Waals surface area contributed by atoms with E-state index in [9.17, 15) is 4.79 Å². The van der Waals surface area contributed by atoms with Crippen molar-refractivity contribution in [2.24, 2.45) is 0 Å². The molecule has 0 fully saturated rings. The Hall–Kier alpha value is -1.87. The molecule has 0 bridgehead atoms. The van der Waals surface area contributed by atoms with Gasteiger partial charge >= 0.3 is 0 Å². The van der Waals surface area contributed by atoms with Crippen molar-refractivity contribution in [2.75, 3.05) is 6.54 Å². The number of carbonyl (C=O) groups excluding carboxylic acids is 1. The van der Waals surface area contributed by atoms with Crippen molar-refractivity contribution >= 4 is 17.5 Å². The third kappa shape index (κ3) is 3.80. The van der Waals surface area contributed by atoms with Gasteiger partial charge in [0.2, 0.25) is 0 Å². The summed E-state index contributed by atoms with van der Waals surface area (Å²) in [7, 11) is 0. The second-order valence-electron chi connectivity index (χ2n) is 4.29. The van der Waals surface area contributed by atoms with Crippen LogP contribution in [-0.4, -0.2) is 17.4 Å². The van der Waals surface area contributed by atoms with E-state index in [-0.39, 0.29) is 5.91 Å². The fourth-order valence-electron chi connectivity index (χ4n) is 1.82. The summed E-state index contributed by atoms with van der Waals surface area (Å²) in [5, 5.41) is 3.35. The Balaban J connectivity index is 1.90. The highest BCUT2D eigenvalue weighted by Crippen LogP contribution is 2.09. The highest BCUT2D eigenvalue weighted by atomic mass is 35.5. The highest BCUT2D eigenvalue weighted by Gasteiger charge is 2.07. The summed E-state index contributed by atoms with van der Waals surface area (Å²) in [5.41, 5.74) is 2.82. The quantitative estimate of drug-likeness (QED) is 0.931. The lowest BCUT2D eigenvalue weighted by atomic mass is 10.1. The molecule has 0 spiro atoms. The van der Waals surface area contributed by atoms with E-state index in [4.69, 9.17) is 11.6 Å². The number of halogens is 1. The molecule has 1 N–H and O–H groups in total. The number of rotatable bonds is 4. The number of aryl methyl sites for hydroxylation is 1. The molecule has 1 aromatic carbocycles. The van der Waals surface area contributed by atoms with Crippen LogP contribution in [-0.2, 0) is 6.42 Å². The van der Waals surface area contributed by atoms with Crippen LogP contribution in [0.15, 0.2) is 42.6 Å². The number of nitrogens with one attached hydrogen (secondary N) is 1. The van der Waals surface area contributed by atoms with Crippen LogP contribution in [0.2, 0.25) is 5.02 Å². The minimum absolute atomic E-state index is 0.198. The monoisotopic (exact) mass is 274 g/mol. The fourth-order valence-corrected chi connectivity index (χ4v) is 1.98. The average Bonchev–Trinajstić information content (AvgIpc) is 2.41. The molecule has 0 saturated heterocycles. The molecule has 0 aliphatic heterocycles. The SMILES string of the molecule is Cc1ccccc1CCNC(=O)c1cc(Cl)ccn1. The summed E-state index contributed by atoms with van der Waals surface area (Å²) in [6.45, 7) is 2.65. The number of hydrogen-bond acceptors (Lipinski definition) is 2. The summed E-state index contributed by atoms with van der Waals surface area (Å²) in [5.74, 6) is -0.198. The first kappa shape index (κ1) is 13.6. The van der Waals surface area contributed by atoms with Crippen LogP contribution < -0.4 is 5.32 Å². The van der Waals surface area contributed by atoms with Gasteiger partial charge in [-0.2, -0.15) is 0 Å². The van der Waals surface area contributed by atoms with Crippen molar-refractivity contribution < 1.29 is 4.79 Å². The van der Waals surface area contributed by atoms with Gasteiger partial charge in [-0.25, -0.2) is 0 Å². The molecule has 0 unspecified atom stereocenters. The molecule has 0 saturated carbocycles. The Kier molecular flexibility index (Phi) is 4.53. The lowest BCUT2D eigenvalue weighted by Crippen LogP contribution is -2.26. The number of nitrogens with zero attached hydrogens (tertiary/aromatic N) is 1. The lowest BCUT2D eigenvalue weighted by Gasteiger charge is -2.07. The number of pyridine rings is 1. The van der Waals surface area contributed by atoms with Crippen LogP contribution in [0, 0.1) is 6.92 Å². The molecule has 2 rings (SSSR count). The van der Waals surface area contributed by atoms with E-state index in [2.05, 4.69) is 29.4 Å². The molecule has 19 heavy (non-hydrogen) atoms. The molecule has 0 aliphatic rings. The second-order valence-corrected chi connectivity index (χ2v) is 4.73. The normalized spacial score (nSPS) is 10.2. The van der Waals surface area contributed by atoms with Crippen molar-refractivity contribution in [2.45, 2.75) is 13.3 Å². The summed E-state index contributed by atoms with van der Waals surface area (Å²) in [4.78, 5) is 15.8. The lowest BCUT2D eigenvalue weighted by molar-refractivity contribution is 0.0949. The van der Waals surface area contributed by atoms with E-state index in [1.165, 1.54) is 17.3 Å². The van der Waals surface area contributed by atoms with Crippen molar-refractivity contribution in [3.8, 4) is 0 Å². The minimum atomic E-state index is -0.198. The number of amides is 1. The summed E-state index contributed by atoms with van der Waals surface area (Å²) >= 11 is 5.82. The molecule has 2 aromatic rings. The zero-order valence-corrected chi connectivity index (χ0v) is 11.4. The summed E-state index contributed by atoms with van der Waals surface area (Å²) in [6, 6.07) is 11.3. The van der Waals surface area contributed by atoms with Gasteiger partial charge in [0.05, 0.1) is 0 Å². The maximum Gasteiger partial charge on any atom is 0.269 e. The minimum Gasteiger partial charge on any atom is -0.350 e. The molecule has 1 heterocycles. The Morgan fingerprint density at radius 3 is 2.84 bits per heavy atom. The van der Waals surface area contributed by atoms with Gasteiger partial charge in [0.15, 0.2) is 0 Å². The topological polar surface area (TPSA) is 42.0 Å². The van der Waals surface area contributed by atoms with E-state index in [0.29, 0.717) is 17.3 Å². The van der Waals surface area contributed by atoms with Crippen LogP contribution >= 0.6 is 11.6 Å². The van der Waals surface area contributed by atoms with Crippen molar-refractivity contribution in [1.82, 2.24) is 10.3 Å². The second kappa shape index (κ2) is 6.34. The molecule has 1 amide bonds. The third-order valence-corrected chi connectivity index (χ3v) is 3.13. The average molecular weight is 275 g/mol. The van der Waals surface area contributed by atoms with Gasteiger partial charge in [-0.1, -0.05) is 35.9 Å². The zero-order valence-electron chi connectivity index (χ0n) is 10.7. The Labute approximate surface area is 117 Å². The van der Waals surface area contributed by atoms with E-state index >= 15 is 0 Å². The number of aromatic nitrogens is 1. The molecule has 98 valence electrons. The standard InChI is InChI=1S/C15H15ClN2O/c1-11-4-2-3-5-12(11)6-8-18-15(19)14-10-13(16)7-9-17-14/h2-5,7,9-10H,6,8H2,1H3,(H,18,19). The van der Waals surface area contributed by atoms with Gasteiger partial charge in [-0.05, 0) is 36.6 Å². The predicted octanol–water partition coefficient (Wildman–Crippen LogP) is 3.02. The maximum absolute atomic E-state index is 11.8. The molecule has 3 nitrogen and oxygen atoms in total. The number of carbonyl (C=O) groups is 1. The van der Waals surface area contributed by atoms with Crippen LogP contribution in [0.5, 0.6) is 0 Å². The Bertz CT molecular complexity index is 584. The molecule has 0 aliphatic carbocycles. The Morgan fingerprint density at radius 2 is 2.11 bits per heavy atom. The van der Waals surface area contributed by atoms with Crippen LogP contribution in [0.25, 0.3) is 0 Å². The van der Waals surface area contributed by atoms with Crippen LogP contribution in [0.4, 0.5) is 0 Å². The predicted molar refractivity (Wildman–Crippen MR) is 76.5 cm³/mol. The first-order valence-electron chi connectivity index (χ1n) is 6.11. The largest absolute Gasteiger partial charge is 0.350 e. The van der Waals surface area contributed by atoms with E-state index in [0.717, 1.165) is 6.42 Å². The highest BCUT2D eigenvalue weighted by molar-refractivity contribution is 6.30. The van der Waals surface area contributed by atoms with Crippen molar-refractivity contribution in [3.63, 3.8) is 0 Å². The molecule has 0 atom stereocenters. The van der Waals surface area contributed by atoms with Gasteiger partial charge in [0.25, 0.3) is 5.91 Å². The Morgan fingerprint density at radius 1 is 1.32 bits per heavy atom. The zero-order chi connectivity index (χ0) is 13.7. The molecule has 4 heteroatoms. The van der Waals surface area contributed by atoms with Gasteiger partial charge in [0.1, 0.15) is 5.69 Å². The van der Waals surface area contributed by atoms with E-state index in [1.54, 1.807) is 12.1 Å². The van der Waals surface area contributed by atoms with Gasteiger partial charge in [-0.3, -0.25) is 9.78 Å². The first-order chi connectivity index (χ1) is 9.16. The van der Waals surface area contributed by atoms with Crippen molar-refractivity contribution in [1.29, 1.82) is 0 Å². The van der Waals surface area contributed by atoms with E-state index < -0.39 is 0 Å². The number of hydrogen-bond donors (Lipinski definition) is 1. The smallest absolute Gasteiger partial charge is 0.269 e. The van der Waals surface area contributed by atoms with Gasteiger partial charge in [0, 0.05) is 17.8 Å². The molecule has 0 radical (unpaired) electrons. The fraction of sp³-hybridized carbons (Fsp3) is 0.200. The van der Waals surface area contributed by atoms with Crippen LogP contribution in [0.1, 0.15) is 21.6 Å². The molecule has 1 aromatic heterocycles. The number of benzene rings is 1.